The van der Waals surface area contributed by atoms with E-state index >= 15 is 0 Å². The van der Waals surface area contributed by atoms with Gasteiger partial charge in [0.25, 0.3) is 11.5 Å². The predicted molar refractivity (Wildman–Crippen MR) is 122 cm³/mol. The molecule has 0 bridgehead atoms. The fourth-order valence-corrected chi connectivity index (χ4v) is 4.01. The summed E-state index contributed by atoms with van der Waals surface area (Å²) in [5.41, 5.74) is 2.61. The average molecular weight is 448 g/mol. The molecule has 1 aromatic carbocycles. The van der Waals surface area contributed by atoms with E-state index in [2.05, 4.69) is 20.4 Å². The number of benzene rings is 1. The molecule has 9 heteroatoms. The molecule has 0 saturated carbocycles. The molecular weight excluding hydrogens is 426 g/mol. The number of rotatable bonds is 8. The molecule has 0 aliphatic rings. The van der Waals surface area contributed by atoms with Crippen LogP contribution in [0.25, 0.3) is 21.8 Å². The fraction of sp³-hybridized carbons (Fsp3) is 0.174. The van der Waals surface area contributed by atoms with Crippen LogP contribution in [0.15, 0.2) is 71.7 Å². The van der Waals surface area contributed by atoms with E-state index < -0.39 is 0 Å². The van der Waals surface area contributed by atoms with Gasteiger partial charge in [-0.1, -0.05) is 36.4 Å². The number of amides is 1. The zero-order chi connectivity index (χ0) is 22.3. The number of hydrogen-bond acceptors (Lipinski definition) is 7. The van der Waals surface area contributed by atoms with Crippen molar-refractivity contribution in [1.29, 1.82) is 0 Å². The monoisotopic (exact) mass is 447 g/mol. The van der Waals surface area contributed by atoms with Crippen molar-refractivity contribution in [3.63, 3.8) is 0 Å². The van der Waals surface area contributed by atoms with Crippen molar-refractivity contribution in [2.45, 2.75) is 13.1 Å². The molecule has 1 amide bonds. The number of methoxy groups -OCH3 is 1. The zero-order valence-corrected chi connectivity index (χ0v) is 18.2. The quantitative estimate of drug-likeness (QED) is 0.446. The van der Waals surface area contributed by atoms with Gasteiger partial charge in [-0.3, -0.25) is 14.6 Å². The van der Waals surface area contributed by atoms with Gasteiger partial charge >= 0.3 is 0 Å². The molecule has 4 aromatic rings. The number of hydrogen-bond donors (Lipinski definition) is 1. The summed E-state index contributed by atoms with van der Waals surface area (Å²) in [5.74, 6) is -0.295. The van der Waals surface area contributed by atoms with E-state index in [1.807, 2.05) is 48.5 Å². The van der Waals surface area contributed by atoms with E-state index in [1.165, 1.54) is 22.1 Å². The molecule has 0 fully saturated rings. The molecule has 1 N–H and O–H groups in total. The number of nitrogens with one attached hydrogen (secondary N) is 1. The third-order valence-electron chi connectivity index (χ3n) is 4.63. The van der Waals surface area contributed by atoms with Gasteiger partial charge in [-0.05, 0) is 18.2 Å². The third-order valence-corrected chi connectivity index (χ3v) is 5.71. The summed E-state index contributed by atoms with van der Waals surface area (Å²) in [6, 6.07) is 18.2. The number of nitrogens with zero attached hydrogens (tertiary/aromatic N) is 4. The van der Waals surface area contributed by atoms with E-state index in [-0.39, 0.29) is 11.5 Å². The highest BCUT2D eigenvalue weighted by atomic mass is 32.1. The normalized spacial score (nSPS) is 10.8. The minimum absolute atomic E-state index is 0.218. The van der Waals surface area contributed by atoms with Gasteiger partial charge in [-0.15, -0.1) is 11.3 Å². The molecule has 32 heavy (non-hydrogen) atoms. The first-order chi connectivity index (χ1) is 15.7. The molecule has 3 aromatic heterocycles. The van der Waals surface area contributed by atoms with Crippen LogP contribution in [0, 0.1) is 0 Å². The van der Waals surface area contributed by atoms with Gasteiger partial charge < -0.3 is 10.1 Å². The van der Waals surface area contributed by atoms with Gasteiger partial charge in [0.15, 0.2) is 5.01 Å². The molecule has 3 heterocycles. The fourth-order valence-electron chi connectivity index (χ4n) is 3.04. The van der Waals surface area contributed by atoms with Crippen molar-refractivity contribution < 1.29 is 9.53 Å². The number of ether oxygens (including phenoxy) is 1. The lowest BCUT2D eigenvalue weighted by Gasteiger charge is -2.06. The van der Waals surface area contributed by atoms with Crippen LogP contribution >= 0.6 is 11.3 Å². The molecule has 0 aliphatic heterocycles. The Labute approximate surface area is 188 Å². The van der Waals surface area contributed by atoms with Crippen molar-refractivity contribution in [3.05, 3.63) is 87.9 Å². The first-order valence-corrected chi connectivity index (χ1v) is 10.8. The van der Waals surface area contributed by atoms with Crippen LogP contribution < -0.4 is 10.9 Å². The molecule has 0 spiro atoms. The Kier molecular flexibility index (Phi) is 6.78. The summed E-state index contributed by atoms with van der Waals surface area (Å²) in [4.78, 5) is 34.5. The summed E-state index contributed by atoms with van der Waals surface area (Å²) in [5, 5.41) is 7.66. The Morgan fingerprint density at radius 1 is 1.09 bits per heavy atom. The first-order valence-electron chi connectivity index (χ1n) is 9.97. The number of pyridine rings is 1. The first kappa shape index (κ1) is 21.5. The second-order valence-corrected chi connectivity index (χ2v) is 7.84. The Morgan fingerprint density at radius 3 is 2.66 bits per heavy atom. The highest BCUT2D eigenvalue weighted by molar-refractivity contribution is 7.17. The highest BCUT2D eigenvalue weighted by Gasteiger charge is 2.20. The third kappa shape index (κ3) is 4.96. The maximum absolute atomic E-state index is 12.8. The van der Waals surface area contributed by atoms with Crippen LogP contribution in [0.5, 0.6) is 0 Å². The van der Waals surface area contributed by atoms with E-state index in [0.717, 1.165) is 11.3 Å². The number of carbonyl (C=O) groups excluding carboxylic acids is 1. The molecule has 162 valence electrons. The van der Waals surface area contributed by atoms with Crippen molar-refractivity contribution in [2.75, 3.05) is 13.7 Å². The molecule has 0 radical (unpaired) electrons. The smallest absolute Gasteiger partial charge is 0.280 e. The van der Waals surface area contributed by atoms with Gasteiger partial charge in [0.2, 0.25) is 0 Å². The number of thiazole rings is 1. The minimum Gasteiger partial charge on any atom is -0.383 e. The second-order valence-electron chi connectivity index (χ2n) is 6.84. The minimum atomic E-state index is -0.295. The molecule has 0 atom stereocenters. The standard InChI is InChI=1S/C23H21N5O3S/c1-31-14-13-28-19(29)11-10-18(27-28)21-20(16-7-3-2-4-8-16)26-23(32-21)22(30)25-15-17-9-5-6-12-24-17/h2-12H,13-15H2,1H3,(H,25,30). The van der Waals surface area contributed by atoms with Crippen molar-refractivity contribution in [1.82, 2.24) is 25.1 Å². The largest absolute Gasteiger partial charge is 0.383 e. The Morgan fingerprint density at radius 2 is 1.91 bits per heavy atom. The topological polar surface area (TPSA) is 99.0 Å². The van der Waals surface area contributed by atoms with E-state index in [0.29, 0.717) is 41.0 Å². The average Bonchev–Trinajstić information content (AvgIpc) is 3.29. The van der Waals surface area contributed by atoms with Gasteiger partial charge in [-0.2, -0.15) is 5.10 Å². The van der Waals surface area contributed by atoms with Crippen LogP contribution in [-0.4, -0.2) is 39.4 Å². The summed E-state index contributed by atoms with van der Waals surface area (Å²) in [7, 11) is 1.57. The summed E-state index contributed by atoms with van der Waals surface area (Å²) >= 11 is 1.24. The van der Waals surface area contributed by atoms with Gasteiger partial charge in [0, 0.05) is 24.9 Å². The molecule has 4 rings (SSSR count). The van der Waals surface area contributed by atoms with Crippen LogP contribution in [-0.2, 0) is 17.8 Å². The van der Waals surface area contributed by atoms with E-state index in [4.69, 9.17) is 4.74 Å². The van der Waals surface area contributed by atoms with Gasteiger partial charge in [0.1, 0.15) is 5.69 Å². The van der Waals surface area contributed by atoms with Crippen molar-refractivity contribution in [3.8, 4) is 21.8 Å². The molecule has 0 aliphatic carbocycles. The second kappa shape index (κ2) is 10.1. The van der Waals surface area contributed by atoms with Crippen molar-refractivity contribution >= 4 is 17.2 Å². The van der Waals surface area contributed by atoms with Crippen LogP contribution in [0.3, 0.4) is 0 Å². The number of aromatic nitrogens is 4. The maximum Gasteiger partial charge on any atom is 0.280 e. The molecule has 0 unspecified atom stereocenters. The van der Waals surface area contributed by atoms with Gasteiger partial charge in [0.05, 0.1) is 36.0 Å². The molecular formula is C23H21N5O3S. The van der Waals surface area contributed by atoms with Crippen LogP contribution in [0.2, 0.25) is 0 Å². The lowest BCUT2D eigenvalue weighted by Crippen LogP contribution is -2.24. The summed E-state index contributed by atoms with van der Waals surface area (Å²) in [6.45, 7) is 1.00. The summed E-state index contributed by atoms with van der Waals surface area (Å²) < 4.78 is 6.43. The van der Waals surface area contributed by atoms with Crippen LogP contribution in [0.1, 0.15) is 15.5 Å². The Bertz CT molecular complexity index is 1260. The number of carbonyl (C=O) groups is 1. The lowest BCUT2D eigenvalue weighted by atomic mass is 10.1. The van der Waals surface area contributed by atoms with E-state index in [9.17, 15) is 9.59 Å². The molecule has 8 nitrogen and oxygen atoms in total. The lowest BCUT2D eigenvalue weighted by molar-refractivity contribution is 0.0950. The summed E-state index contributed by atoms with van der Waals surface area (Å²) in [6.07, 6.45) is 1.68. The van der Waals surface area contributed by atoms with Gasteiger partial charge in [-0.25, -0.2) is 9.67 Å². The Hall–Kier alpha value is -3.69. The SMILES string of the molecule is COCCn1nc(-c2sc(C(=O)NCc3ccccn3)nc2-c2ccccc2)ccc1=O. The zero-order valence-electron chi connectivity index (χ0n) is 17.4. The highest BCUT2D eigenvalue weighted by Crippen LogP contribution is 2.35. The maximum atomic E-state index is 12.8. The Balaban J connectivity index is 1.69. The van der Waals surface area contributed by atoms with Crippen molar-refractivity contribution in [2.24, 2.45) is 0 Å². The predicted octanol–water partition coefficient (Wildman–Crippen LogP) is 3.01. The van der Waals surface area contributed by atoms with Crippen LogP contribution in [0.4, 0.5) is 0 Å². The molecule has 0 saturated heterocycles. The van der Waals surface area contributed by atoms with E-state index in [1.54, 1.807) is 19.4 Å².